The van der Waals surface area contributed by atoms with E-state index in [4.69, 9.17) is 23.7 Å². The van der Waals surface area contributed by atoms with Crippen LogP contribution < -0.4 is 5.32 Å². The number of aliphatic hydroxyl groups is 1. The van der Waals surface area contributed by atoms with E-state index in [9.17, 15) is 24.3 Å². The fourth-order valence-electron chi connectivity index (χ4n) is 8.51. The number of hydrogen-bond donors (Lipinski definition) is 2. The van der Waals surface area contributed by atoms with Crippen LogP contribution in [0.25, 0.3) is 17.1 Å². The van der Waals surface area contributed by atoms with Crippen LogP contribution >= 0.6 is 0 Å². The number of benzene rings is 1. The number of fused-ring (bicyclic) bond motifs is 2. The van der Waals surface area contributed by atoms with E-state index in [-0.39, 0.29) is 25.2 Å². The standard InChI is InChI=1S/C40H54F2N4O10/c1-10-28-39(7)32(45-37(51)56-39)23(4)30(47)21(2)20-38(6,52-18-12-14-25-13-11-15-26-29(25)44-17-16-43-26)34(24(5)33(49)40(41,42)36(50)54-28)55-35-31(48)27(46(8)9)19-22(3)53-35/h11-17,21-24,27-28,31-32,34-35,48H,10,18-20H2,1-9H3,(H,45,51)/b14-12+/t21-,22-,23-,24+,27+,28+,31-,32-,34-,35+,38+,39-/m1/s1. The first-order valence-electron chi connectivity index (χ1n) is 19.1. The number of ether oxygens (including phenoxy) is 5. The molecule has 0 radical (unpaired) electrons. The summed E-state index contributed by atoms with van der Waals surface area (Å²) in [6.45, 7) is 10.5. The number of nitrogens with one attached hydrogen (secondary N) is 1. The van der Waals surface area contributed by atoms with Crippen LogP contribution in [0.3, 0.4) is 0 Å². The number of amides is 1. The summed E-state index contributed by atoms with van der Waals surface area (Å²) >= 11 is 0. The number of aliphatic hydroxyl groups excluding tert-OH is 1. The highest BCUT2D eigenvalue weighted by Crippen LogP contribution is 2.41. The third-order valence-electron chi connectivity index (χ3n) is 11.5. The number of likely N-dealkylation sites (N-methyl/N-ethyl adjacent to an activating group) is 1. The summed E-state index contributed by atoms with van der Waals surface area (Å²) in [4.78, 5) is 64.9. The van der Waals surface area contributed by atoms with Gasteiger partial charge >= 0.3 is 18.0 Å². The number of Topliss-reactive ketones (excluding diaryl/α,β-unsaturated/α-hetero) is 2. The van der Waals surface area contributed by atoms with E-state index in [1.807, 2.05) is 18.2 Å². The van der Waals surface area contributed by atoms with Crippen molar-refractivity contribution in [2.24, 2.45) is 17.8 Å². The van der Waals surface area contributed by atoms with Crippen molar-refractivity contribution in [3.63, 3.8) is 0 Å². The summed E-state index contributed by atoms with van der Waals surface area (Å²) in [5.41, 5.74) is -1.44. The van der Waals surface area contributed by atoms with Gasteiger partial charge in [0.1, 0.15) is 18.0 Å². The second-order valence-corrected chi connectivity index (χ2v) is 15.9. The molecule has 2 N–H and O–H groups in total. The number of hydrogen-bond acceptors (Lipinski definition) is 13. The zero-order valence-electron chi connectivity index (χ0n) is 33.4. The van der Waals surface area contributed by atoms with Crippen LogP contribution in [-0.4, -0.2) is 124 Å². The Balaban J connectivity index is 1.60. The van der Waals surface area contributed by atoms with E-state index in [1.54, 1.807) is 71.2 Å². The van der Waals surface area contributed by atoms with Crippen molar-refractivity contribution >= 4 is 40.7 Å². The fraction of sp³-hybridized carbons (Fsp3) is 0.650. The number of carbonyl (C=O) groups is 4. The molecule has 3 aliphatic rings. The summed E-state index contributed by atoms with van der Waals surface area (Å²) in [5.74, 6) is -12.7. The Kier molecular flexibility index (Phi) is 13.0. The van der Waals surface area contributed by atoms with Gasteiger partial charge in [-0.25, -0.2) is 9.59 Å². The molecule has 308 valence electrons. The first-order valence-corrected chi connectivity index (χ1v) is 19.1. The molecule has 3 fully saturated rings. The van der Waals surface area contributed by atoms with Gasteiger partial charge in [-0.05, 0) is 60.2 Å². The second kappa shape index (κ2) is 16.9. The molecule has 1 amide bonds. The van der Waals surface area contributed by atoms with Crippen LogP contribution in [0.15, 0.2) is 36.7 Å². The van der Waals surface area contributed by atoms with Crippen LogP contribution in [0.2, 0.25) is 0 Å². The normalized spacial score (nSPS) is 37.2. The number of aromatic nitrogens is 2. The van der Waals surface area contributed by atoms with Gasteiger partial charge in [0.15, 0.2) is 11.9 Å². The van der Waals surface area contributed by atoms with Crippen LogP contribution in [0.1, 0.15) is 73.3 Å². The molecule has 12 atom stereocenters. The lowest BCUT2D eigenvalue weighted by Gasteiger charge is -2.47. The van der Waals surface area contributed by atoms with Gasteiger partial charge in [-0.15, -0.1) is 0 Å². The molecule has 0 spiro atoms. The molecule has 56 heavy (non-hydrogen) atoms. The molecular formula is C40H54F2N4O10. The largest absolute Gasteiger partial charge is 0.453 e. The van der Waals surface area contributed by atoms with Crippen molar-refractivity contribution in [1.82, 2.24) is 20.2 Å². The number of rotatable bonds is 8. The molecule has 16 heteroatoms. The number of carbonyl (C=O) groups excluding carboxylic acids is 4. The monoisotopic (exact) mass is 788 g/mol. The minimum Gasteiger partial charge on any atom is -0.453 e. The third-order valence-corrected chi connectivity index (χ3v) is 11.5. The van der Waals surface area contributed by atoms with E-state index >= 15 is 8.78 Å². The van der Waals surface area contributed by atoms with Gasteiger partial charge in [0.25, 0.3) is 0 Å². The second-order valence-electron chi connectivity index (χ2n) is 15.9. The predicted molar refractivity (Wildman–Crippen MR) is 199 cm³/mol. The van der Waals surface area contributed by atoms with E-state index in [2.05, 4.69) is 15.3 Å². The first kappa shape index (κ1) is 43.2. The van der Waals surface area contributed by atoms with Gasteiger partial charge in [-0.1, -0.05) is 52.0 Å². The number of para-hydroxylation sites is 1. The topological polar surface area (TPSA) is 176 Å². The van der Waals surface area contributed by atoms with Crippen molar-refractivity contribution < 1.29 is 56.7 Å². The Morgan fingerprint density at radius 3 is 2.43 bits per heavy atom. The van der Waals surface area contributed by atoms with Crippen molar-refractivity contribution in [3.8, 4) is 0 Å². The first-order chi connectivity index (χ1) is 26.2. The zero-order chi connectivity index (χ0) is 41.3. The van der Waals surface area contributed by atoms with Crippen molar-refractivity contribution in [2.45, 2.75) is 128 Å². The molecule has 3 saturated heterocycles. The van der Waals surface area contributed by atoms with Gasteiger partial charge in [-0.2, -0.15) is 8.78 Å². The number of ketones is 2. The number of esters is 1. The minimum atomic E-state index is -4.70. The minimum absolute atomic E-state index is 0.0807. The lowest BCUT2D eigenvalue weighted by Crippen LogP contribution is -2.61. The quantitative estimate of drug-likeness (QED) is 0.283. The maximum absolute atomic E-state index is 16.2. The molecule has 14 nitrogen and oxygen atoms in total. The molecule has 3 aliphatic heterocycles. The Labute approximate surface area is 325 Å². The SMILES string of the molecule is CC[C@@H]1OC(=O)C(F)(F)C(=O)[C@H](C)[C@@H](O[C@@H]2O[C@H](C)C[C@H](N(C)C)[C@H]2O)[C@@](C)(OC/C=C/c2cccc3nccnc23)C[C@@H](C)C(=O)[C@@H](C)[C@H]2NC(=O)O[C@]12C. The average Bonchev–Trinajstić information content (AvgIpc) is 3.47. The van der Waals surface area contributed by atoms with Gasteiger partial charge in [0.05, 0.1) is 47.4 Å². The molecule has 4 heterocycles. The van der Waals surface area contributed by atoms with Gasteiger partial charge < -0.3 is 39.0 Å². The molecular weight excluding hydrogens is 734 g/mol. The lowest BCUT2D eigenvalue weighted by molar-refractivity contribution is -0.297. The summed E-state index contributed by atoms with van der Waals surface area (Å²) in [6.07, 6.45) is -0.393. The summed E-state index contributed by atoms with van der Waals surface area (Å²) in [5, 5.41) is 14.1. The van der Waals surface area contributed by atoms with Gasteiger partial charge in [-0.3, -0.25) is 19.6 Å². The number of alkyl carbamates (subject to hydrolysis) is 1. The summed E-state index contributed by atoms with van der Waals surface area (Å²) in [7, 11) is 3.54. The Morgan fingerprint density at radius 2 is 1.75 bits per heavy atom. The molecule has 5 rings (SSSR count). The van der Waals surface area contributed by atoms with Crippen LogP contribution in [0, 0.1) is 17.8 Å². The van der Waals surface area contributed by atoms with Crippen molar-refractivity contribution in [1.29, 1.82) is 0 Å². The summed E-state index contributed by atoms with van der Waals surface area (Å²) in [6, 6.07) is 3.91. The highest BCUT2D eigenvalue weighted by Gasteiger charge is 2.61. The Bertz CT molecular complexity index is 1810. The molecule has 0 bridgehead atoms. The lowest BCUT2D eigenvalue weighted by atomic mass is 9.74. The zero-order valence-corrected chi connectivity index (χ0v) is 33.4. The third kappa shape index (κ3) is 8.49. The number of nitrogens with zero attached hydrogens (tertiary/aromatic N) is 3. The molecule has 0 unspecified atom stereocenters. The maximum Gasteiger partial charge on any atom is 0.408 e. The smallest absolute Gasteiger partial charge is 0.408 e. The number of alkyl halides is 2. The van der Waals surface area contributed by atoms with Crippen molar-refractivity contribution in [3.05, 3.63) is 42.2 Å². The highest BCUT2D eigenvalue weighted by molar-refractivity contribution is 6.06. The van der Waals surface area contributed by atoms with E-state index < -0.39 is 95.5 Å². The van der Waals surface area contributed by atoms with Crippen LogP contribution in [-0.2, 0) is 38.1 Å². The Morgan fingerprint density at radius 1 is 1.05 bits per heavy atom. The molecule has 2 aromatic rings. The molecule has 0 saturated carbocycles. The Hall–Kier alpha value is -3.96. The van der Waals surface area contributed by atoms with Crippen LogP contribution in [0.4, 0.5) is 13.6 Å². The number of cyclic esters (lactones) is 1. The van der Waals surface area contributed by atoms with Gasteiger partial charge in [0.2, 0.25) is 5.78 Å². The van der Waals surface area contributed by atoms with Gasteiger partial charge in [0, 0.05) is 35.8 Å². The average molecular weight is 789 g/mol. The fourth-order valence-corrected chi connectivity index (χ4v) is 8.51. The molecule has 1 aromatic heterocycles. The van der Waals surface area contributed by atoms with E-state index in [1.165, 1.54) is 20.8 Å². The van der Waals surface area contributed by atoms with E-state index in [0.29, 0.717) is 17.5 Å². The molecule has 0 aliphatic carbocycles. The predicted octanol–water partition coefficient (Wildman–Crippen LogP) is 4.50. The van der Waals surface area contributed by atoms with Crippen molar-refractivity contribution in [2.75, 3.05) is 20.7 Å². The number of halogens is 2. The summed E-state index contributed by atoms with van der Waals surface area (Å²) < 4.78 is 62.3. The maximum atomic E-state index is 16.2. The van der Waals surface area contributed by atoms with E-state index in [0.717, 1.165) is 5.56 Å². The highest BCUT2D eigenvalue weighted by atomic mass is 19.3. The van der Waals surface area contributed by atoms with Crippen LogP contribution in [0.5, 0.6) is 0 Å². The molecule has 1 aromatic carbocycles.